The average Bonchev–Trinajstić information content (AvgIpc) is 2.14. The summed E-state index contributed by atoms with van der Waals surface area (Å²) in [6.07, 6.45) is 0. The van der Waals surface area contributed by atoms with Crippen LogP contribution in [0.1, 0.15) is 40.2 Å². The highest BCUT2D eigenvalue weighted by Crippen LogP contribution is 2.20. The zero-order valence-electron chi connectivity index (χ0n) is 10.9. The van der Waals surface area contributed by atoms with Crippen molar-refractivity contribution in [1.29, 1.82) is 0 Å². The van der Waals surface area contributed by atoms with Crippen molar-refractivity contribution in [3.8, 4) is 0 Å². The van der Waals surface area contributed by atoms with E-state index in [1.165, 1.54) is 12.1 Å². The third-order valence-electron chi connectivity index (χ3n) is 2.75. The molecule has 0 unspecified atom stereocenters. The summed E-state index contributed by atoms with van der Waals surface area (Å²) in [5, 5.41) is 0. The van der Waals surface area contributed by atoms with E-state index in [1.54, 1.807) is 0 Å². The summed E-state index contributed by atoms with van der Waals surface area (Å²) in [6, 6.07) is 7.24. The quantitative estimate of drug-likeness (QED) is 0.752. The zero-order valence-corrected chi connectivity index (χ0v) is 10.9. The molecular weight excluding hydrogens is 201 g/mol. The first-order valence-electron chi connectivity index (χ1n) is 5.82. The summed E-state index contributed by atoms with van der Waals surface area (Å²) in [6.45, 7) is 11.9. The summed E-state index contributed by atoms with van der Waals surface area (Å²) in [5.41, 5.74) is 1.28. The summed E-state index contributed by atoms with van der Waals surface area (Å²) in [4.78, 5) is 2.40. The van der Waals surface area contributed by atoms with Crippen molar-refractivity contribution >= 4 is 0 Å². The van der Waals surface area contributed by atoms with Gasteiger partial charge in [-0.15, -0.1) is 0 Å². The molecule has 0 fully saturated rings. The topological polar surface area (TPSA) is 3.24 Å². The van der Waals surface area contributed by atoms with Crippen LogP contribution in [0, 0.1) is 5.82 Å². The Balaban J connectivity index is 2.80. The van der Waals surface area contributed by atoms with E-state index in [-0.39, 0.29) is 11.4 Å². The van der Waals surface area contributed by atoms with E-state index in [2.05, 4.69) is 39.5 Å². The van der Waals surface area contributed by atoms with Gasteiger partial charge in [0, 0.05) is 18.1 Å². The maximum atomic E-state index is 12.8. The van der Waals surface area contributed by atoms with E-state index in [9.17, 15) is 4.39 Å². The molecule has 0 spiro atoms. The first kappa shape index (κ1) is 13.2. The molecule has 0 aromatic heterocycles. The van der Waals surface area contributed by atoms with Crippen LogP contribution in [0.5, 0.6) is 0 Å². The van der Waals surface area contributed by atoms with Crippen molar-refractivity contribution in [3.63, 3.8) is 0 Å². The van der Waals surface area contributed by atoms with E-state index < -0.39 is 0 Å². The highest BCUT2D eigenvalue weighted by atomic mass is 19.1. The minimum Gasteiger partial charge on any atom is -0.292 e. The number of hydrogen-bond acceptors (Lipinski definition) is 1. The SMILES string of the molecule is CC(C)N(Cc1ccc(F)cc1)C(C)(C)C. The molecule has 0 bridgehead atoms. The Morgan fingerprint density at radius 2 is 1.62 bits per heavy atom. The highest BCUT2D eigenvalue weighted by Gasteiger charge is 2.23. The van der Waals surface area contributed by atoms with E-state index in [4.69, 9.17) is 0 Å². The zero-order chi connectivity index (χ0) is 12.3. The molecule has 1 rings (SSSR count). The third-order valence-corrected chi connectivity index (χ3v) is 2.75. The molecule has 0 radical (unpaired) electrons. The van der Waals surface area contributed by atoms with Crippen LogP contribution in [0.15, 0.2) is 24.3 Å². The minimum atomic E-state index is -0.171. The van der Waals surface area contributed by atoms with Crippen LogP contribution >= 0.6 is 0 Å². The van der Waals surface area contributed by atoms with Gasteiger partial charge >= 0.3 is 0 Å². The average molecular weight is 223 g/mol. The Morgan fingerprint density at radius 3 is 2.00 bits per heavy atom. The van der Waals surface area contributed by atoms with E-state index in [0.29, 0.717) is 6.04 Å². The van der Waals surface area contributed by atoms with Gasteiger partial charge in [0.05, 0.1) is 0 Å². The van der Waals surface area contributed by atoms with Gasteiger partial charge in [0.25, 0.3) is 0 Å². The van der Waals surface area contributed by atoms with Crippen molar-refractivity contribution < 1.29 is 4.39 Å². The largest absolute Gasteiger partial charge is 0.292 e. The third kappa shape index (κ3) is 3.60. The Kier molecular flexibility index (Phi) is 4.09. The van der Waals surface area contributed by atoms with Crippen LogP contribution in [0.3, 0.4) is 0 Å². The Bertz CT molecular complexity index is 322. The predicted molar refractivity (Wildman–Crippen MR) is 66.8 cm³/mol. The van der Waals surface area contributed by atoms with Crippen LogP contribution in [0.4, 0.5) is 4.39 Å². The first-order valence-corrected chi connectivity index (χ1v) is 5.82. The molecule has 0 aliphatic carbocycles. The lowest BCUT2D eigenvalue weighted by Gasteiger charge is -2.39. The molecule has 0 heterocycles. The number of hydrogen-bond donors (Lipinski definition) is 0. The van der Waals surface area contributed by atoms with Gasteiger partial charge in [0.15, 0.2) is 0 Å². The number of benzene rings is 1. The molecule has 0 aliphatic rings. The normalized spacial score (nSPS) is 12.5. The molecule has 1 nitrogen and oxygen atoms in total. The Labute approximate surface area is 98.3 Å². The van der Waals surface area contributed by atoms with E-state index >= 15 is 0 Å². The van der Waals surface area contributed by atoms with Gasteiger partial charge in [-0.1, -0.05) is 12.1 Å². The van der Waals surface area contributed by atoms with Crippen molar-refractivity contribution in [2.45, 2.75) is 52.7 Å². The van der Waals surface area contributed by atoms with Crippen molar-refractivity contribution in [3.05, 3.63) is 35.6 Å². The van der Waals surface area contributed by atoms with Crippen LogP contribution < -0.4 is 0 Å². The predicted octanol–water partition coefficient (Wildman–Crippen LogP) is 3.83. The monoisotopic (exact) mass is 223 g/mol. The van der Waals surface area contributed by atoms with Gasteiger partial charge in [-0.2, -0.15) is 0 Å². The molecule has 90 valence electrons. The minimum absolute atomic E-state index is 0.128. The second-order valence-corrected chi connectivity index (χ2v) is 5.52. The van der Waals surface area contributed by atoms with Crippen LogP contribution in [-0.4, -0.2) is 16.5 Å². The lowest BCUT2D eigenvalue weighted by Crippen LogP contribution is -2.45. The van der Waals surface area contributed by atoms with Gasteiger partial charge in [0.2, 0.25) is 0 Å². The molecule has 0 amide bonds. The molecular formula is C14H22FN. The molecule has 0 saturated heterocycles. The van der Waals surface area contributed by atoms with Crippen molar-refractivity contribution in [2.75, 3.05) is 0 Å². The second kappa shape index (κ2) is 4.96. The van der Waals surface area contributed by atoms with Crippen LogP contribution in [0.2, 0.25) is 0 Å². The fraction of sp³-hybridized carbons (Fsp3) is 0.571. The molecule has 1 aromatic rings. The van der Waals surface area contributed by atoms with E-state index in [1.807, 2.05) is 12.1 Å². The number of halogens is 1. The summed E-state index contributed by atoms with van der Waals surface area (Å²) in [7, 11) is 0. The van der Waals surface area contributed by atoms with Crippen molar-refractivity contribution in [2.24, 2.45) is 0 Å². The number of rotatable bonds is 3. The van der Waals surface area contributed by atoms with Crippen LogP contribution in [0.25, 0.3) is 0 Å². The van der Waals surface area contributed by atoms with Gasteiger partial charge < -0.3 is 0 Å². The smallest absolute Gasteiger partial charge is 0.123 e. The second-order valence-electron chi connectivity index (χ2n) is 5.52. The summed E-state index contributed by atoms with van der Waals surface area (Å²) >= 11 is 0. The molecule has 0 aliphatic heterocycles. The molecule has 0 saturated carbocycles. The lowest BCUT2D eigenvalue weighted by molar-refractivity contribution is 0.0901. The molecule has 1 aromatic carbocycles. The number of nitrogens with zero attached hydrogens (tertiary/aromatic N) is 1. The molecule has 0 atom stereocenters. The summed E-state index contributed by atoms with van der Waals surface area (Å²) in [5.74, 6) is -0.171. The summed E-state index contributed by atoms with van der Waals surface area (Å²) < 4.78 is 12.8. The first-order chi connectivity index (χ1) is 7.30. The van der Waals surface area contributed by atoms with Crippen molar-refractivity contribution in [1.82, 2.24) is 4.90 Å². The highest BCUT2D eigenvalue weighted by molar-refractivity contribution is 5.16. The molecule has 0 N–H and O–H groups in total. The fourth-order valence-electron chi connectivity index (χ4n) is 1.98. The van der Waals surface area contributed by atoms with Crippen LogP contribution in [-0.2, 0) is 6.54 Å². The van der Waals surface area contributed by atoms with Gasteiger partial charge in [-0.3, -0.25) is 4.90 Å². The maximum Gasteiger partial charge on any atom is 0.123 e. The maximum absolute atomic E-state index is 12.8. The fourth-order valence-corrected chi connectivity index (χ4v) is 1.98. The van der Waals surface area contributed by atoms with Gasteiger partial charge in [-0.25, -0.2) is 4.39 Å². The molecule has 16 heavy (non-hydrogen) atoms. The lowest BCUT2D eigenvalue weighted by atomic mass is 10.0. The standard InChI is InChI=1S/C14H22FN/c1-11(2)16(14(3,4)5)10-12-6-8-13(15)9-7-12/h6-9,11H,10H2,1-5H3. The Morgan fingerprint density at radius 1 is 1.12 bits per heavy atom. The van der Waals surface area contributed by atoms with Gasteiger partial charge in [0.1, 0.15) is 5.82 Å². The van der Waals surface area contributed by atoms with Gasteiger partial charge in [-0.05, 0) is 52.3 Å². The molecule has 2 heteroatoms. The van der Waals surface area contributed by atoms with E-state index in [0.717, 1.165) is 12.1 Å². The Hall–Kier alpha value is -0.890.